The number of hydrogen-bond donors (Lipinski definition) is 1. The fourth-order valence-electron chi connectivity index (χ4n) is 4.00. The van der Waals surface area contributed by atoms with E-state index in [1.807, 2.05) is 0 Å². The average molecular weight is 273 g/mol. The topological polar surface area (TPSA) is 35.2 Å². The first-order valence-electron chi connectivity index (χ1n) is 8.26. The lowest BCUT2D eigenvalue weighted by molar-refractivity contribution is 0.112. The molecule has 2 N–H and O–H groups in total. The summed E-state index contributed by atoms with van der Waals surface area (Å²) >= 11 is 0. The van der Waals surface area contributed by atoms with Gasteiger partial charge in [-0.2, -0.15) is 0 Å². The summed E-state index contributed by atoms with van der Waals surface area (Å²) in [7, 11) is 0. The van der Waals surface area contributed by atoms with Crippen molar-refractivity contribution in [1.29, 1.82) is 0 Å². The van der Waals surface area contributed by atoms with Gasteiger partial charge in [-0.3, -0.25) is 0 Å². The molecule has 1 aliphatic carbocycles. The summed E-state index contributed by atoms with van der Waals surface area (Å²) in [6.07, 6.45) is 12.0. The monoisotopic (exact) mass is 273 g/mol. The summed E-state index contributed by atoms with van der Waals surface area (Å²) < 4.78 is 6.15. The van der Waals surface area contributed by atoms with Gasteiger partial charge in [-0.1, -0.05) is 50.3 Å². The molecule has 0 spiro atoms. The number of benzene rings is 1. The first kappa shape index (κ1) is 13.9. The van der Waals surface area contributed by atoms with Crippen LogP contribution in [0, 0.1) is 5.41 Å². The first-order valence-corrected chi connectivity index (χ1v) is 8.26. The smallest absolute Gasteiger partial charge is 0.123 e. The highest BCUT2D eigenvalue weighted by Crippen LogP contribution is 2.41. The molecule has 1 aliphatic heterocycles. The molecule has 2 nitrogen and oxygen atoms in total. The van der Waals surface area contributed by atoms with Gasteiger partial charge in [-0.05, 0) is 42.9 Å². The minimum atomic E-state index is 0.327. The summed E-state index contributed by atoms with van der Waals surface area (Å²) in [4.78, 5) is 0. The van der Waals surface area contributed by atoms with Crippen molar-refractivity contribution in [3.8, 4) is 5.75 Å². The van der Waals surface area contributed by atoms with E-state index in [1.165, 1.54) is 50.5 Å². The number of ether oxygens (including phenoxy) is 1. The molecule has 1 heterocycles. The molecule has 2 aliphatic rings. The van der Waals surface area contributed by atoms with Crippen LogP contribution in [0.2, 0.25) is 0 Å². The van der Waals surface area contributed by atoms with Crippen LogP contribution in [0.3, 0.4) is 0 Å². The highest BCUT2D eigenvalue weighted by molar-refractivity contribution is 5.37. The molecule has 0 aromatic heterocycles. The van der Waals surface area contributed by atoms with Gasteiger partial charge in [-0.15, -0.1) is 0 Å². The van der Waals surface area contributed by atoms with Gasteiger partial charge in [0.15, 0.2) is 0 Å². The molecule has 1 unspecified atom stereocenters. The summed E-state index contributed by atoms with van der Waals surface area (Å²) in [5.41, 5.74) is 7.88. The first-order chi connectivity index (χ1) is 9.81. The van der Waals surface area contributed by atoms with Gasteiger partial charge in [0, 0.05) is 6.42 Å². The molecule has 0 saturated heterocycles. The Labute approximate surface area is 122 Å². The predicted molar refractivity (Wildman–Crippen MR) is 83.0 cm³/mol. The van der Waals surface area contributed by atoms with Crippen LogP contribution in [-0.4, -0.2) is 12.6 Å². The van der Waals surface area contributed by atoms with E-state index < -0.39 is 0 Å². The van der Waals surface area contributed by atoms with Gasteiger partial charge in [-0.25, -0.2) is 0 Å². The van der Waals surface area contributed by atoms with Crippen LogP contribution in [0.1, 0.15) is 56.9 Å². The molecule has 1 aromatic carbocycles. The van der Waals surface area contributed by atoms with Crippen molar-refractivity contribution in [1.82, 2.24) is 0 Å². The number of fused-ring (bicyclic) bond motifs is 1. The minimum Gasteiger partial charge on any atom is -0.490 e. The van der Waals surface area contributed by atoms with Crippen molar-refractivity contribution in [3.05, 3.63) is 29.8 Å². The summed E-state index contributed by atoms with van der Waals surface area (Å²) in [5.74, 6) is 1.09. The molecule has 0 amide bonds. The second kappa shape index (κ2) is 6.17. The maximum Gasteiger partial charge on any atom is 0.123 e. The van der Waals surface area contributed by atoms with E-state index >= 15 is 0 Å². The normalized spacial score (nSPS) is 25.4. The van der Waals surface area contributed by atoms with E-state index in [9.17, 15) is 0 Å². The van der Waals surface area contributed by atoms with E-state index in [-0.39, 0.29) is 0 Å². The number of hydrogen-bond acceptors (Lipinski definition) is 2. The van der Waals surface area contributed by atoms with Gasteiger partial charge >= 0.3 is 0 Å². The molecule has 1 aromatic rings. The summed E-state index contributed by atoms with van der Waals surface area (Å²) in [5, 5.41) is 0. The molecule has 0 radical (unpaired) electrons. The second-order valence-corrected chi connectivity index (χ2v) is 6.73. The Bertz CT molecular complexity index is 410. The second-order valence-electron chi connectivity index (χ2n) is 6.73. The Morgan fingerprint density at radius 1 is 1.05 bits per heavy atom. The van der Waals surface area contributed by atoms with E-state index in [2.05, 4.69) is 24.3 Å². The standard InChI is InChI=1S/C18H27NO/c19-14-18(10-6-2-1-3-7-11-18)13-16-12-15-8-4-5-9-17(15)20-16/h4-5,8-9,16H,1-3,6-7,10-14,19H2. The van der Waals surface area contributed by atoms with Gasteiger partial charge < -0.3 is 10.5 Å². The number of nitrogens with two attached hydrogens (primary N) is 1. The van der Waals surface area contributed by atoms with Crippen molar-refractivity contribution < 1.29 is 4.74 Å². The Balaban J connectivity index is 1.66. The van der Waals surface area contributed by atoms with Crippen LogP contribution in [0.15, 0.2) is 24.3 Å². The van der Waals surface area contributed by atoms with Crippen LogP contribution in [0.25, 0.3) is 0 Å². The molecule has 1 atom stereocenters. The van der Waals surface area contributed by atoms with Crippen LogP contribution < -0.4 is 10.5 Å². The van der Waals surface area contributed by atoms with Gasteiger partial charge in [0.25, 0.3) is 0 Å². The molecule has 1 fully saturated rings. The van der Waals surface area contributed by atoms with E-state index in [0.29, 0.717) is 11.5 Å². The van der Waals surface area contributed by atoms with Crippen molar-refractivity contribution in [3.63, 3.8) is 0 Å². The number of para-hydroxylation sites is 1. The third kappa shape index (κ3) is 3.01. The van der Waals surface area contributed by atoms with Gasteiger partial charge in [0.1, 0.15) is 11.9 Å². The van der Waals surface area contributed by atoms with Gasteiger partial charge in [0.2, 0.25) is 0 Å². The Hall–Kier alpha value is -1.02. The Kier molecular flexibility index (Phi) is 4.30. The zero-order valence-electron chi connectivity index (χ0n) is 12.4. The van der Waals surface area contributed by atoms with Gasteiger partial charge in [0.05, 0.1) is 0 Å². The molecule has 0 bridgehead atoms. The van der Waals surface area contributed by atoms with Crippen LogP contribution in [0.5, 0.6) is 5.75 Å². The van der Waals surface area contributed by atoms with Crippen molar-refractivity contribution >= 4 is 0 Å². The van der Waals surface area contributed by atoms with Crippen LogP contribution >= 0.6 is 0 Å². The minimum absolute atomic E-state index is 0.327. The third-order valence-electron chi connectivity index (χ3n) is 5.22. The number of rotatable bonds is 3. The van der Waals surface area contributed by atoms with Crippen molar-refractivity contribution in [2.45, 2.75) is 63.9 Å². The van der Waals surface area contributed by atoms with Crippen LogP contribution in [-0.2, 0) is 6.42 Å². The van der Waals surface area contributed by atoms with Crippen LogP contribution in [0.4, 0.5) is 0 Å². The highest BCUT2D eigenvalue weighted by Gasteiger charge is 2.35. The van der Waals surface area contributed by atoms with E-state index in [0.717, 1.165) is 25.1 Å². The summed E-state index contributed by atoms with van der Waals surface area (Å²) in [6, 6.07) is 8.47. The lowest BCUT2D eigenvalue weighted by Crippen LogP contribution is -2.36. The van der Waals surface area contributed by atoms with Crippen molar-refractivity contribution in [2.24, 2.45) is 11.1 Å². The Morgan fingerprint density at radius 3 is 2.45 bits per heavy atom. The maximum atomic E-state index is 6.19. The lowest BCUT2D eigenvalue weighted by Gasteiger charge is -2.36. The predicted octanol–water partition coefficient (Wildman–Crippen LogP) is 4.07. The molecular weight excluding hydrogens is 246 g/mol. The quantitative estimate of drug-likeness (QED) is 0.901. The van der Waals surface area contributed by atoms with Crippen molar-refractivity contribution in [2.75, 3.05) is 6.54 Å². The fourth-order valence-corrected chi connectivity index (χ4v) is 4.00. The lowest BCUT2D eigenvalue weighted by atomic mass is 9.72. The SMILES string of the molecule is NCC1(CC2Cc3ccccc3O2)CCCCCCC1. The summed E-state index contributed by atoms with van der Waals surface area (Å²) in [6.45, 7) is 0.823. The molecule has 110 valence electrons. The zero-order chi connectivity index (χ0) is 13.8. The zero-order valence-corrected chi connectivity index (χ0v) is 12.4. The molecule has 3 rings (SSSR count). The molecule has 1 saturated carbocycles. The third-order valence-corrected chi connectivity index (χ3v) is 5.22. The van der Waals surface area contributed by atoms with E-state index in [1.54, 1.807) is 0 Å². The molecule has 20 heavy (non-hydrogen) atoms. The average Bonchev–Trinajstić information content (AvgIpc) is 2.84. The highest BCUT2D eigenvalue weighted by atomic mass is 16.5. The Morgan fingerprint density at radius 2 is 1.75 bits per heavy atom. The molecule has 2 heteroatoms. The largest absolute Gasteiger partial charge is 0.490 e. The van der Waals surface area contributed by atoms with E-state index in [4.69, 9.17) is 10.5 Å². The fraction of sp³-hybridized carbons (Fsp3) is 0.667. The molecular formula is C18H27NO. The maximum absolute atomic E-state index is 6.19.